The van der Waals surface area contributed by atoms with Crippen LogP contribution in [-0.4, -0.2) is 45.6 Å². The van der Waals surface area contributed by atoms with Crippen LogP contribution in [0.5, 0.6) is 0 Å². The van der Waals surface area contributed by atoms with E-state index >= 15 is 0 Å². The van der Waals surface area contributed by atoms with E-state index in [2.05, 4.69) is 4.98 Å². The third-order valence-corrected chi connectivity index (χ3v) is 5.56. The van der Waals surface area contributed by atoms with Gasteiger partial charge < -0.3 is 15.4 Å². The van der Waals surface area contributed by atoms with Gasteiger partial charge in [0.1, 0.15) is 11.5 Å². The van der Waals surface area contributed by atoms with Crippen molar-refractivity contribution in [2.45, 2.75) is 9.79 Å². The molecule has 1 aromatic heterocycles. The number of hydrogen-bond donors (Lipinski definition) is 1. The molecular weight excluding hydrogens is 349 g/mol. The van der Waals surface area contributed by atoms with Gasteiger partial charge in [-0.3, -0.25) is 4.79 Å². The highest BCUT2D eigenvalue weighted by Gasteiger charge is 2.22. The van der Waals surface area contributed by atoms with Crippen LogP contribution in [0.4, 0.5) is 10.1 Å². The number of carbonyl (C=O) groups is 1. The number of benzene rings is 1. The Morgan fingerprint density at radius 1 is 1.16 bits per heavy atom. The number of carbonyl (C=O) groups excluding carboxylic acids is 1. The molecule has 2 heterocycles. The summed E-state index contributed by atoms with van der Waals surface area (Å²) in [6.45, 7) is 2.10. The zero-order valence-corrected chi connectivity index (χ0v) is 14.0. The van der Waals surface area contributed by atoms with Crippen molar-refractivity contribution in [3.8, 4) is 0 Å². The zero-order chi connectivity index (χ0) is 18.0. The van der Waals surface area contributed by atoms with Crippen molar-refractivity contribution < 1.29 is 22.3 Å². The maximum Gasteiger partial charge on any atom is 0.267 e. The average molecular weight is 365 g/mol. The van der Waals surface area contributed by atoms with E-state index in [0.717, 1.165) is 12.3 Å². The molecule has 0 bridgehead atoms. The summed E-state index contributed by atoms with van der Waals surface area (Å²) in [5.74, 6) is -1.41. The molecule has 1 aromatic carbocycles. The number of aromatic nitrogens is 1. The normalized spacial score (nSPS) is 15.2. The van der Waals surface area contributed by atoms with Gasteiger partial charge in [-0.1, -0.05) is 0 Å². The first-order chi connectivity index (χ1) is 11.9. The summed E-state index contributed by atoms with van der Waals surface area (Å²) >= 11 is 0. The maximum absolute atomic E-state index is 14.0. The van der Waals surface area contributed by atoms with E-state index in [9.17, 15) is 17.6 Å². The Bertz CT molecular complexity index is 894. The van der Waals surface area contributed by atoms with Gasteiger partial charge in [0.2, 0.25) is 9.84 Å². The Balaban J connectivity index is 1.99. The summed E-state index contributed by atoms with van der Waals surface area (Å²) in [4.78, 5) is 16.3. The van der Waals surface area contributed by atoms with Crippen LogP contribution in [0.15, 0.2) is 46.3 Å². The smallest absolute Gasteiger partial charge is 0.267 e. The minimum absolute atomic E-state index is 0.0489. The van der Waals surface area contributed by atoms with Crippen LogP contribution in [0.2, 0.25) is 0 Å². The maximum atomic E-state index is 14.0. The van der Waals surface area contributed by atoms with E-state index in [-0.39, 0.29) is 15.5 Å². The van der Waals surface area contributed by atoms with Crippen molar-refractivity contribution in [2.75, 3.05) is 31.2 Å². The van der Waals surface area contributed by atoms with Crippen LogP contribution in [0.3, 0.4) is 0 Å². The Labute approximate surface area is 144 Å². The molecule has 0 aliphatic carbocycles. The number of halogens is 1. The molecule has 0 unspecified atom stereocenters. The molecule has 1 aliphatic rings. The van der Waals surface area contributed by atoms with E-state index in [1.807, 2.05) is 4.90 Å². The van der Waals surface area contributed by atoms with Crippen LogP contribution < -0.4 is 10.6 Å². The highest BCUT2D eigenvalue weighted by atomic mass is 32.2. The molecular formula is C16H16FN3O4S. The summed E-state index contributed by atoms with van der Waals surface area (Å²) in [5.41, 5.74) is 5.52. The van der Waals surface area contributed by atoms with Crippen molar-refractivity contribution in [2.24, 2.45) is 5.73 Å². The lowest BCUT2D eigenvalue weighted by Crippen LogP contribution is -2.36. The molecule has 0 saturated carbocycles. The highest BCUT2D eigenvalue weighted by Crippen LogP contribution is 2.27. The Morgan fingerprint density at radius 2 is 1.88 bits per heavy atom. The van der Waals surface area contributed by atoms with E-state index in [1.54, 1.807) is 0 Å². The van der Waals surface area contributed by atoms with Crippen molar-refractivity contribution >= 4 is 21.4 Å². The summed E-state index contributed by atoms with van der Waals surface area (Å²) in [6.07, 6.45) is 1.04. The van der Waals surface area contributed by atoms with Gasteiger partial charge in [-0.05, 0) is 30.3 Å². The van der Waals surface area contributed by atoms with E-state index < -0.39 is 21.6 Å². The van der Waals surface area contributed by atoms with Gasteiger partial charge in [0.05, 0.1) is 23.0 Å². The summed E-state index contributed by atoms with van der Waals surface area (Å²) in [7, 11) is -3.98. The Kier molecular flexibility index (Phi) is 4.69. The molecule has 9 heteroatoms. The molecule has 2 aromatic rings. The predicted octanol–water partition coefficient (Wildman–Crippen LogP) is 0.989. The number of anilines is 1. The topological polar surface area (TPSA) is 103 Å². The van der Waals surface area contributed by atoms with Gasteiger partial charge in [-0.2, -0.15) is 0 Å². The fraction of sp³-hybridized carbons (Fsp3) is 0.250. The third-order valence-electron chi connectivity index (χ3n) is 3.84. The minimum Gasteiger partial charge on any atom is -0.378 e. The quantitative estimate of drug-likeness (QED) is 0.867. The van der Waals surface area contributed by atoms with Crippen LogP contribution in [-0.2, 0) is 14.6 Å². The number of nitrogens with two attached hydrogens (primary N) is 1. The van der Waals surface area contributed by atoms with Crippen LogP contribution in [0.1, 0.15) is 10.5 Å². The lowest BCUT2D eigenvalue weighted by Gasteiger charge is -2.29. The SMILES string of the molecule is NC(=O)c1ccc(S(=O)(=O)c2cc(F)cc(N3CCOCC3)c2)cn1. The van der Waals surface area contributed by atoms with E-state index in [1.165, 1.54) is 24.3 Å². The van der Waals surface area contributed by atoms with Crippen molar-refractivity contribution in [1.29, 1.82) is 0 Å². The van der Waals surface area contributed by atoms with E-state index in [4.69, 9.17) is 10.5 Å². The summed E-state index contributed by atoms with van der Waals surface area (Å²) < 4.78 is 44.7. The minimum atomic E-state index is -3.98. The van der Waals surface area contributed by atoms with Crippen molar-refractivity contribution in [3.63, 3.8) is 0 Å². The average Bonchev–Trinajstić information content (AvgIpc) is 2.62. The number of ether oxygens (including phenoxy) is 1. The lowest BCUT2D eigenvalue weighted by molar-refractivity contribution is 0.0995. The highest BCUT2D eigenvalue weighted by molar-refractivity contribution is 7.91. The van der Waals surface area contributed by atoms with Gasteiger partial charge in [-0.25, -0.2) is 17.8 Å². The van der Waals surface area contributed by atoms with Gasteiger partial charge in [0.25, 0.3) is 5.91 Å². The second-order valence-corrected chi connectivity index (χ2v) is 7.44. The first-order valence-corrected chi connectivity index (χ1v) is 9.00. The van der Waals surface area contributed by atoms with Gasteiger partial charge in [0, 0.05) is 25.0 Å². The number of sulfone groups is 1. The first-order valence-electron chi connectivity index (χ1n) is 7.52. The first kappa shape index (κ1) is 17.3. The molecule has 1 aliphatic heterocycles. The molecule has 0 atom stereocenters. The lowest BCUT2D eigenvalue weighted by atomic mass is 10.2. The molecule has 0 radical (unpaired) electrons. The third kappa shape index (κ3) is 3.62. The number of rotatable bonds is 4. The van der Waals surface area contributed by atoms with Gasteiger partial charge in [0.15, 0.2) is 0 Å². The molecule has 1 fully saturated rings. The number of primary amides is 1. The number of amides is 1. The fourth-order valence-electron chi connectivity index (χ4n) is 2.53. The fourth-order valence-corrected chi connectivity index (χ4v) is 3.78. The standard InChI is InChI=1S/C16H16FN3O4S/c17-11-7-12(20-3-5-24-6-4-20)9-14(8-11)25(22,23)13-1-2-15(16(18)21)19-10-13/h1-2,7-10H,3-6H2,(H2,18,21). The predicted molar refractivity (Wildman–Crippen MR) is 87.6 cm³/mol. The second-order valence-electron chi connectivity index (χ2n) is 5.49. The summed E-state index contributed by atoms with van der Waals surface area (Å²) in [5, 5.41) is 0. The largest absolute Gasteiger partial charge is 0.378 e. The number of morpholine rings is 1. The molecule has 1 saturated heterocycles. The van der Waals surface area contributed by atoms with Crippen molar-refractivity contribution in [3.05, 3.63) is 48.0 Å². The Hall–Kier alpha value is -2.52. The van der Waals surface area contributed by atoms with Gasteiger partial charge in [-0.15, -0.1) is 0 Å². The number of nitrogens with zero attached hydrogens (tertiary/aromatic N) is 2. The Morgan fingerprint density at radius 3 is 2.48 bits per heavy atom. The molecule has 7 nitrogen and oxygen atoms in total. The molecule has 25 heavy (non-hydrogen) atoms. The van der Waals surface area contributed by atoms with Crippen molar-refractivity contribution in [1.82, 2.24) is 4.98 Å². The monoisotopic (exact) mass is 365 g/mol. The number of hydrogen-bond acceptors (Lipinski definition) is 6. The van der Waals surface area contributed by atoms with Crippen LogP contribution >= 0.6 is 0 Å². The molecule has 132 valence electrons. The second kappa shape index (κ2) is 6.77. The molecule has 3 rings (SSSR count). The number of pyridine rings is 1. The molecule has 0 spiro atoms. The zero-order valence-electron chi connectivity index (χ0n) is 13.2. The van der Waals surface area contributed by atoms with E-state index in [0.29, 0.717) is 32.0 Å². The molecule has 2 N–H and O–H groups in total. The van der Waals surface area contributed by atoms with Gasteiger partial charge >= 0.3 is 0 Å². The summed E-state index contributed by atoms with van der Waals surface area (Å²) in [6, 6.07) is 6.12. The molecule has 1 amide bonds. The van der Waals surface area contributed by atoms with Crippen LogP contribution in [0.25, 0.3) is 0 Å². The van der Waals surface area contributed by atoms with Crippen LogP contribution in [0, 0.1) is 5.82 Å².